The molecule has 4 aliphatic heterocycles. The minimum Gasteiger partial charge on any atom is -0.447 e. The number of rotatable bonds is 1. The average molecular weight is 484 g/mol. The predicted octanol–water partition coefficient (Wildman–Crippen LogP) is 2.44. The number of anilines is 2. The maximum Gasteiger partial charge on any atom is 0.416 e. The van der Waals surface area contributed by atoms with Gasteiger partial charge in [0, 0.05) is 18.7 Å². The molecule has 1 aromatic carbocycles. The molecule has 10 nitrogen and oxygen atoms in total. The highest BCUT2D eigenvalue weighted by molar-refractivity contribution is 6.12. The molecule has 11 heteroatoms. The summed E-state index contributed by atoms with van der Waals surface area (Å²) in [6.07, 6.45) is -1.41. The number of carbonyl (C=O) groups is 3. The van der Waals surface area contributed by atoms with Gasteiger partial charge in [0.2, 0.25) is 11.5 Å². The summed E-state index contributed by atoms with van der Waals surface area (Å²) in [4.78, 5) is 42.4. The van der Waals surface area contributed by atoms with E-state index in [2.05, 4.69) is 17.1 Å². The summed E-state index contributed by atoms with van der Waals surface area (Å²) in [5, 5.41) is 7.03. The van der Waals surface area contributed by atoms with Crippen LogP contribution in [0.5, 0.6) is 0 Å². The Morgan fingerprint density at radius 3 is 2.71 bits per heavy atom. The van der Waals surface area contributed by atoms with E-state index in [0.717, 1.165) is 0 Å². The second-order valence-electron chi connectivity index (χ2n) is 9.93. The molecule has 0 saturated carbocycles. The Balaban J connectivity index is 1.58. The molecule has 184 valence electrons. The lowest BCUT2D eigenvalue weighted by atomic mass is 9.63. The fourth-order valence-corrected chi connectivity index (χ4v) is 6.20. The van der Waals surface area contributed by atoms with Crippen molar-refractivity contribution >= 4 is 40.3 Å². The molecule has 1 unspecified atom stereocenters. The molecular weight excluding hydrogens is 459 g/mol. The molecule has 5 atom stereocenters. The quantitative estimate of drug-likeness (QED) is 0.614. The van der Waals surface area contributed by atoms with Crippen LogP contribution >= 0.6 is 0 Å². The van der Waals surface area contributed by atoms with Crippen LogP contribution < -0.4 is 15.1 Å². The number of amides is 2. The molecular formula is C24H25FN4O6. The highest BCUT2D eigenvalue weighted by Crippen LogP contribution is 2.51. The highest BCUT2D eigenvalue weighted by Gasteiger charge is 2.62. The van der Waals surface area contributed by atoms with E-state index >= 15 is 4.39 Å². The first-order chi connectivity index (χ1) is 16.6. The van der Waals surface area contributed by atoms with Crippen molar-refractivity contribution in [2.45, 2.75) is 57.9 Å². The zero-order chi connectivity index (χ0) is 24.8. The minimum absolute atomic E-state index is 0.00589. The second kappa shape index (κ2) is 7.27. The zero-order valence-electron chi connectivity index (χ0n) is 19.6. The third-order valence-electron chi connectivity index (χ3n) is 7.56. The zero-order valence-corrected chi connectivity index (χ0v) is 19.6. The fraction of sp³-hybridized carbons (Fsp3) is 0.500. The first-order valence-corrected chi connectivity index (χ1v) is 11.6. The van der Waals surface area contributed by atoms with Crippen LogP contribution in [-0.2, 0) is 25.5 Å². The maximum absolute atomic E-state index is 16.1. The van der Waals surface area contributed by atoms with Crippen molar-refractivity contribution in [3.8, 4) is 0 Å². The van der Waals surface area contributed by atoms with Gasteiger partial charge in [0.25, 0.3) is 0 Å². The molecule has 3 fully saturated rings. The van der Waals surface area contributed by atoms with Crippen molar-refractivity contribution in [1.82, 2.24) is 10.5 Å². The summed E-state index contributed by atoms with van der Waals surface area (Å²) in [5.74, 6) is -1.25. The van der Waals surface area contributed by atoms with Gasteiger partial charge < -0.3 is 24.2 Å². The van der Waals surface area contributed by atoms with Gasteiger partial charge in [-0.3, -0.25) is 14.5 Å². The Labute approximate surface area is 200 Å². The van der Waals surface area contributed by atoms with E-state index in [-0.39, 0.29) is 66.4 Å². The Morgan fingerprint density at radius 1 is 1.26 bits per heavy atom. The van der Waals surface area contributed by atoms with Crippen molar-refractivity contribution in [3.05, 3.63) is 29.7 Å². The van der Waals surface area contributed by atoms with Crippen LogP contribution in [0.1, 0.15) is 32.8 Å². The SMILES string of the molecule is C=C1CC(=O)C2(Cc3cc4c(N5C(=O)OC[C@@H]5C)noc4c(F)c3N3C[C@@H](C)O[C@@H](C)[C@@H]32)C(=O)N1. The molecule has 0 bridgehead atoms. The van der Waals surface area contributed by atoms with Crippen molar-refractivity contribution < 1.29 is 32.8 Å². The van der Waals surface area contributed by atoms with Gasteiger partial charge in [0.15, 0.2) is 17.4 Å². The molecule has 4 aliphatic rings. The number of piperidine rings is 1. The van der Waals surface area contributed by atoms with Crippen LogP contribution in [0.25, 0.3) is 11.0 Å². The summed E-state index contributed by atoms with van der Waals surface area (Å²) in [6.45, 7) is 9.67. The van der Waals surface area contributed by atoms with Gasteiger partial charge >= 0.3 is 6.09 Å². The fourth-order valence-electron chi connectivity index (χ4n) is 6.20. The first kappa shape index (κ1) is 22.0. The summed E-state index contributed by atoms with van der Waals surface area (Å²) < 4.78 is 32.7. The first-order valence-electron chi connectivity index (χ1n) is 11.6. The summed E-state index contributed by atoms with van der Waals surface area (Å²) in [7, 11) is 0. The smallest absolute Gasteiger partial charge is 0.416 e. The minimum atomic E-state index is -1.48. The van der Waals surface area contributed by atoms with E-state index in [1.54, 1.807) is 24.8 Å². The Morgan fingerprint density at radius 2 is 2.03 bits per heavy atom. The van der Waals surface area contributed by atoms with Crippen LogP contribution in [0.3, 0.4) is 0 Å². The van der Waals surface area contributed by atoms with Crippen molar-refractivity contribution in [2.24, 2.45) is 5.41 Å². The van der Waals surface area contributed by atoms with Gasteiger partial charge in [-0.15, -0.1) is 0 Å². The van der Waals surface area contributed by atoms with Gasteiger partial charge in [-0.05, 0) is 38.8 Å². The molecule has 1 spiro atoms. The number of fused-ring (bicyclic) bond motifs is 5. The highest BCUT2D eigenvalue weighted by atomic mass is 19.1. The van der Waals surface area contributed by atoms with Gasteiger partial charge in [-0.1, -0.05) is 11.7 Å². The van der Waals surface area contributed by atoms with Crippen molar-refractivity contribution in [2.75, 3.05) is 23.0 Å². The van der Waals surface area contributed by atoms with Gasteiger partial charge in [0.05, 0.1) is 35.4 Å². The standard InChI is InChI=1S/C24H25FN4O6/c1-10-5-16(30)24(22(31)26-10)7-14-6-15-19(35-27-21(15)29-11(2)9-33-23(29)32)17(25)18(14)28-8-12(3)34-13(4)20(24)28/h6,11-13,20H,1,5,7-9H2,2-4H3,(H,26,31)/t11-,12+,13-,20+,24?/m0/s1. The number of cyclic esters (lactones) is 1. The lowest BCUT2D eigenvalue weighted by molar-refractivity contribution is -0.153. The van der Waals surface area contributed by atoms with Crippen LogP contribution in [0.2, 0.25) is 0 Å². The van der Waals surface area contributed by atoms with Crippen LogP contribution in [-0.4, -0.2) is 60.4 Å². The molecule has 0 aliphatic carbocycles. The molecule has 2 amide bonds. The number of hydrogen-bond acceptors (Lipinski definition) is 8. The topological polar surface area (TPSA) is 114 Å². The Bertz CT molecular complexity index is 1300. The Hall–Kier alpha value is -3.47. The van der Waals surface area contributed by atoms with Gasteiger partial charge in [0.1, 0.15) is 12.0 Å². The number of Topliss-reactive ketones (excluding diaryl/α,β-unsaturated/α-hetero) is 1. The normalized spacial score (nSPS) is 32.7. The lowest BCUT2D eigenvalue weighted by Crippen LogP contribution is -2.71. The number of nitrogens with one attached hydrogen (secondary N) is 1. The van der Waals surface area contributed by atoms with Crippen LogP contribution in [0, 0.1) is 11.2 Å². The van der Waals surface area contributed by atoms with Gasteiger partial charge in [-0.25, -0.2) is 9.18 Å². The predicted molar refractivity (Wildman–Crippen MR) is 121 cm³/mol. The molecule has 0 radical (unpaired) electrons. The van der Waals surface area contributed by atoms with E-state index in [0.29, 0.717) is 11.3 Å². The van der Waals surface area contributed by atoms with E-state index in [4.69, 9.17) is 14.0 Å². The van der Waals surface area contributed by atoms with Gasteiger partial charge in [-0.2, -0.15) is 0 Å². The summed E-state index contributed by atoms with van der Waals surface area (Å²) >= 11 is 0. The molecule has 2 aromatic rings. The molecule has 1 N–H and O–H groups in total. The molecule has 1 aromatic heterocycles. The number of carbonyl (C=O) groups excluding carboxylic acids is 3. The number of ether oxygens (including phenoxy) is 2. The largest absolute Gasteiger partial charge is 0.447 e. The number of benzene rings is 1. The number of ketones is 1. The third kappa shape index (κ3) is 2.84. The molecule has 35 heavy (non-hydrogen) atoms. The van der Waals surface area contributed by atoms with E-state index < -0.39 is 35.4 Å². The monoisotopic (exact) mass is 484 g/mol. The molecule has 5 heterocycles. The van der Waals surface area contributed by atoms with Crippen molar-refractivity contribution in [3.63, 3.8) is 0 Å². The summed E-state index contributed by atoms with van der Waals surface area (Å²) in [6, 6.07) is 0.642. The van der Waals surface area contributed by atoms with Crippen LogP contribution in [0.15, 0.2) is 22.9 Å². The van der Waals surface area contributed by atoms with Crippen molar-refractivity contribution in [1.29, 1.82) is 0 Å². The maximum atomic E-state index is 16.1. The number of allylic oxidation sites excluding steroid dienone is 1. The summed E-state index contributed by atoms with van der Waals surface area (Å²) in [5.41, 5.74) is -0.510. The number of aromatic nitrogens is 1. The third-order valence-corrected chi connectivity index (χ3v) is 7.56. The Kier molecular flexibility index (Phi) is 4.57. The van der Waals surface area contributed by atoms with E-state index in [9.17, 15) is 14.4 Å². The van der Waals surface area contributed by atoms with Crippen LogP contribution in [0.4, 0.5) is 20.7 Å². The number of nitrogens with zero attached hydrogens (tertiary/aromatic N) is 3. The molecule has 6 rings (SSSR count). The lowest BCUT2D eigenvalue weighted by Gasteiger charge is -2.55. The second-order valence-corrected chi connectivity index (χ2v) is 9.93. The number of hydrogen-bond donors (Lipinski definition) is 1. The number of morpholine rings is 1. The number of halogens is 1. The van der Waals surface area contributed by atoms with E-state index in [1.165, 1.54) is 4.90 Å². The average Bonchev–Trinajstić information content (AvgIpc) is 3.33. The molecule has 3 saturated heterocycles. The van der Waals surface area contributed by atoms with E-state index in [1.807, 2.05) is 6.92 Å².